The van der Waals surface area contributed by atoms with Gasteiger partial charge in [-0.2, -0.15) is 4.31 Å². The molecule has 1 heterocycles. The van der Waals surface area contributed by atoms with Crippen LogP contribution in [0.25, 0.3) is 0 Å². The molecular formula is C17H25N3O8S. The highest BCUT2D eigenvalue weighted by Crippen LogP contribution is 2.31. The molecule has 1 aliphatic rings. The first kappa shape index (κ1) is 22.9. The smallest absolute Gasteiger partial charge is 0.309 e. The Morgan fingerprint density at radius 2 is 1.90 bits per heavy atom. The molecule has 0 unspecified atom stereocenters. The van der Waals surface area contributed by atoms with Crippen molar-refractivity contribution in [3.63, 3.8) is 0 Å². The van der Waals surface area contributed by atoms with Gasteiger partial charge in [-0.05, 0) is 18.6 Å². The van der Waals surface area contributed by atoms with E-state index < -0.39 is 28.1 Å². The van der Waals surface area contributed by atoms with Crippen LogP contribution in [0, 0.1) is 0 Å². The summed E-state index contributed by atoms with van der Waals surface area (Å²) in [6, 6.07) is 4.23. The molecule has 3 N–H and O–H groups in total. The van der Waals surface area contributed by atoms with Crippen LogP contribution >= 0.6 is 0 Å². The van der Waals surface area contributed by atoms with Gasteiger partial charge in [-0.3, -0.25) is 9.59 Å². The van der Waals surface area contributed by atoms with Crippen LogP contribution in [0.1, 0.15) is 6.42 Å². The van der Waals surface area contributed by atoms with Crippen LogP contribution < -0.4 is 20.1 Å². The largest absolute Gasteiger partial charge is 0.493 e. The summed E-state index contributed by atoms with van der Waals surface area (Å²) in [6.45, 7) is -0.0743. The van der Waals surface area contributed by atoms with Gasteiger partial charge in [-0.15, -0.1) is 0 Å². The first-order chi connectivity index (χ1) is 13.8. The minimum Gasteiger partial charge on any atom is -0.493 e. The van der Waals surface area contributed by atoms with E-state index in [1.165, 1.54) is 32.4 Å². The molecule has 0 spiro atoms. The molecule has 0 radical (unpaired) electrons. The molecule has 1 fully saturated rings. The van der Waals surface area contributed by atoms with Crippen LogP contribution in [0.2, 0.25) is 0 Å². The third-order valence-electron chi connectivity index (χ3n) is 4.16. The van der Waals surface area contributed by atoms with E-state index in [1.54, 1.807) is 0 Å². The number of ether oxygens (including phenoxy) is 3. The van der Waals surface area contributed by atoms with Crippen molar-refractivity contribution in [2.24, 2.45) is 0 Å². The average Bonchev–Trinajstić information content (AvgIpc) is 2.75. The Morgan fingerprint density at radius 1 is 1.21 bits per heavy atom. The van der Waals surface area contributed by atoms with Gasteiger partial charge in [0.1, 0.15) is 6.23 Å². The summed E-state index contributed by atoms with van der Waals surface area (Å²) in [5.41, 5.74) is 0. The van der Waals surface area contributed by atoms with Crippen molar-refractivity contribution >= 4 is 21.8 Å². The molecule has 11 nitrogen and oxygen atoms in total. The zero-order valence-electron chi connectivity index (χ0n) is 16.2. The third-order valence-corrected chi connectivity index (χ3v) is 6.04. The van der Waals surface area contributed by atoms with Crippen LogP contribution in [0.3, 0.4) is 0 Å². The van der Waals surface area contributed by atoms with E-state index in [1.807, 2.05) is 0 Å². The lowest BCUT2D eigenvalue weighted by molar-refractivity contribution is -0.140. The fourth-order valence-corrected chi connectivity index (χ4v) is 4.31. The Kier molecular flexibility index (Phi) is 8.20. The summed E-state index contributed by atoms with van der Waals surface area (Å²) < 4.78 is 43.2. The molecule has 12 heteroatoms. The van der Waals surface area contributed by atoms with E-state index in [9.17, 15) is 18.0 Å². The van der Waals surface area contributed by atoms with Crippen molar-refractivity contribution in [1.29, 1.82) is 0 Å². The van der Waals surface area contributed by atoms with Crippen LogP contribution in [0.15, 0.2) is 23.1 Å². The van der Waals surface area contributed by atoms with Gasteiger partial charge in [-0.1, -0.05) is 0 Å². The number of carbonyl (C=O) groups excluding carboxylic acids is 2. The molecule has 0 bridgehead atoms. The zero-order valence-corrected chi connectivity index (χ0v) is 17.0. The van der Waals surface area contributed by atoms with Crippen molar-refractivity contribution in [3.05, 3.63) is 18.2 Å². The highest BCUT2D eigenvalue weighted by molar-refractivity contribution is 7.89. The summed E-state index contributed by atoms with van der Waals surface area (Å²) >= 11 is 0. The molecule has 2 amide bonds. The molecule has 1 aromatic rings. The van der Waals surface area contributed by atoms with Crippen LogP contribution in [0.4, 0.5) is 0 Å². The van der Waals surface area contributed by atoms with Crippen molar-refractivity contribution in [2.75, 3.05) is 47.1 Å². The number of aliphatic hydroxyl groups excluding tert-OH is 1. The van der Waals surface area contributed by atoms with Gasteiger partial charge in [0.2, 0.25) is 10.0 Å². The van der Waals surface area contributed by atoms with Crippen molar-refractivity contribution in [3.8, 4) is 11.5 Å². The second-order valence-corrected chi connectivity index (χ2v) is 7.89. The lowest BCUT2D eigenvalue weighted by Gasteiger charge is -2.34. The minimum absolute atomic E-state index is 0.0161. The van der Waals surface area contributed by atoms with E-state index in [0.717, 1.165) is 4.31 Å². The van der Waals surface area contributed by atoms with Crippen LogP contribution in [-0.2, 0) is 24.3 Å². The van der Waals surface area contributed by atoms with Crippen LogP contribution in [-0.4, -0.2) is 82.9 Å². The van der Waals surface area contributed by atoms with Crippen molar-refractivity contribution in [2.45, 2.75) is 17.5 Å². The lowest BCUT2D eigenvalue weighted by atomic mass is 10.3. The van der Waals surface area contributed by atoms with E-state index in [4.69, 9.17) is 19.3 Å². The summed E-state index contributed by atoms with van der Waals surface area (Å²) in [4.78, 5) is 23.4. The molecule has 2 rings (SSSR count). The molecule has 0 aliphatic carbocycles. The molecule has 0 saturated carbocycles. The van der Waals surface area contributed by atoms with Gasteiger partial charge in [-0.25, -0.2) is 8.42 Å². The zero-order chi connectivity index (χ0) is 21.4. The number of benzene rings is 1. The normalized spacial score (nSPS) is 17.4. The topological polar surface area (TPSA) is 143 Å². The van der Waals surface area contributed by atoms with Crippen molar-refractivity contribution in [1.82, 2.24) is 14.9 Å². The third kappa shape index (κ3) is 5.56. The van der Waals surface area contributed by atoms with E-state index in [-0.39, 0.29) is 36.9 Å². The van der Waals surface area contributed by atoms with Gasteiger partial charge in [0.25, 0.3) is 0 Å². The standard InChI is InChI=1S/C17H25N3O8S/c1-26-13-5-4-12(10-14(13)27-2)29(24,25)20-7-3-9-28-15(20)11-19-17(23)16(22)18-6-8-21/h4-5,10,15,21H,3,6-9,11H2,1-2H3,(H,18,22)(H,19,23)/t15-/m0/s1. The number of sulfonamides is 1. The molecule has 0 aromatic heterocycles. The van der Waals surface area contributed by atoms with Gasteiger partial charge >= 0.3 is 11.8 Å². The van der Waals surface area contributed by atoms with E-state index in [0.29, 0.717) is 18.8 Å². The van der Waals surface area contributed by atoms with E-state index >= 15 is 0 Å². The molecular weight excluding hydrogens is 406 g/mol. The van der Waals surface area contributed by atoms with Crippen LogP contribution in [0.5, 0.6) is 11.5 Å². The van der Waals surface area contributed by atoms with Gasteiger partial charge < -0.3 is 30.0 Å². The van der Waals surface area contributed by atoms with Crippen molar-refractivity contribution < 1.29 is 37.3 Å². The Labute approximate surface area is 169 Å². The first-order valence-corrected chi connectivity index (χ1v) is 10.3. The predicted molar refractivity (Wildman–Crippen MR) is 101 cm³/mol. The predicted octanol–water partition coefficient (Wildman–Crippen LogP) is -1.33. The Hall–Kier alpha value is -2.41. The quantitative estimate of drug-likeness (QED) is 0.430. The Morgan fingerprint density at radius 3 is 2.55 bits per heavy atom. The number of methoxy groups -OCH3 is 2. The fraction of sp³-hybridized carbons (Fsp3) is 0.529. The number of rotatable bonds is 8. The summed E-state index contributed by atoms with van der Waals surface area (Å²) in [6.07, 6.45) is -0.495. The first-order valence-electron chi connectivity index (χ1n) is 8.87. The molecule has 162 valence electrons. The molecule has 1 atom stereocenters. The maximum absolute atomic E-state index is 13.1. The number of hydrogen-bond acceptors (Lipinski definition) is 8. The summed E-state index contributed by atoms with van der Waals surface area (Å²) in [5.74, 6) is -1.23. The second-order valence-electron chi connectivity index (χ2n) is 6.00. The maximum Gasteiger partial charge on any atom is 0.309 e. The number of amides is 2. The molecule has 1 aliphatic heterocycles. The fourth-order valence-electron chi connectivity index (χ4n) is 2.72. The monoisotopic (exact) mass is 431 g/mol. The average molecular weight is 431 g/mol. The maximum atomic E-state index is 13.1. The minimum atomic E-state index is -3.96. The highest BCUT2D eigenvalue weighted by Gasteiger charge is 2.35. The van der Waals surface area contributed by atoms with Gasteiger partial charge in [0.05, 0.1) is 38.9 Å². The molecule has 1 aromatic carbocycles. The number of hydrogen-bond donors (Lipinski definition) is 3. The number of nitrogens with one attached hydrogen (secondary N) is 2. The highest BCUT2D eigenvalue weighted by atomic mass is 32.2. The molecule has 29 heavy (non-hydrogen) atoms. The Bertz CT molecular complexity index is 830. The van der Waals surface area contributed by atoms with E-state index in [2.05, 4.69) is 10.6 Å². The summed E-state index contributed by atoms with van der Waals surface area (Å²) in [5, 5.41) is 13.2. The van der Waals surface area contributed by atoms with Gasteiger partial charge in [0, 0.05) is 19.2 Å². The molecule has 1 saturated heterocycles. The lowest BCUT2D eigenvalue weighted by Crippen LogP contribution is -2.53. The summed E-state index contributed by atoms with van der Waals surface area (Å²) in [7, 11) is -1.12. The Balaban J connectivity index is 2.15. The number of aliphatic hydroxyl groups is 1. The number of nitrogens with zero attached hydrogens (tertiary/aromatic N) is 1. The SMILES string of the molecule is COc1ccc(S(=O)(=O)N2CCCO[C@H]2CNC(=O)C(=O)NCCO)cc1OC. The van der Waals surface area contributed by atoms with Gasteiger partial charge in [0.15, 0.2) is 11.5 Å². The number of carbonyl (C=O) groups is 2. The second kappa shape index (κ2) is 10.4.